The van der Waals surface area contributed by atoms with E-state index in [2.05, 4.69) is 10.1 Å². The molecule has 5 nitrogen and oxygen atoms in total. The van der Waals surface area contributed by atoms with Gasteiger partial charge in [-0.2, -0.15) is 4.39 Å². The van der Waals surface area contributed by atoms with Gasteiger partial charge in [0.25, 0.3) is 0 Å². The number of benzene rings is 1. The van der Waals surface area contributed by atoms with Gasteiger partial charge in [0.15, 0.2) is 11.5 Å². The minimum atomic E-state index is -1.24. The normalized spacial score (nSPS) is 10.3. The second-order valence-corrected chi connectivity index (χ2v) is 4.28. The number of nitrogens with zero attached hydrogens (tertiary/aromatic N) is 1. The van der Waals surface area contributed by atoms with E-state index in [0.29, 0.717) is 10.3 Å². The third-order valence-electron chi connectivity index (χ3n) is 2.92. The van der Waals surface area contributed by atoms with E-state index in [4.69, 9.17) is 0 Å². The highest BCUT2D eigenvalue weighted by Crippen LogP contribution is 2.26. The lowest BCUT2D eigenvalue weighted by Gasteiger charge is -2.09. The van der Waals surface area contributed by atoms with Gasteiger partial charge in [0.1, 0.15) is 11.8 Å². The summed E-state index contributed by atoms with van der Waals surface area (Å²) in [6.07, 6.45) is 1.31. The Labute approximate surface area is 119 Å². The van der Waals surface area contributed by atoms with E-state index >= 15 is 0 Å². The molecule has 0 unspecified atom stereocenters. The van der Waals surface area contributed by atoms with Crippen molar-refractivity contribution in [1.82, 2.24) is 0 Å². The summed E-state index contributed by atoms with van der Waals surface area (Å²) in [4.78, 5) is 11.6. The van der Waals surface area contributed by atoms with Crippen LogP contribution in [0.2, 0.25) is 0 Å². The monoisotopic (exact) mass is 295 g/mol. The number of hydrogen-bond acceptors (Lipinski definition) is 4. The summed E-state index contributed by atoms with van der Waals surface area (Å²) in [5, 5.41) is 12.3. The molecule has 110 valence electrons. The summed E-state index contributed by atoms with van der Waals surface area (Å²) in [6.45, 7) is 1.66. The number of aromatic nitrogens is 1. The highest BCUT2D eigenvalue weighted by molar-refractivity contribution is 5.96. The van der Waals surface area contributed by atoms with Crippen LogP contribution in [0.25, 0.3) is 0 Å². The molecule has 0 fully saturated rings. The van der Waals surface area contributed by atoms with Crippen molar-refractivity contribution in [3.8, 4) is 0 Å². The maximum Gasteiger partial charge on any atom is 0.342 e. The molecular weight excluding hydrogens is 282 g/mol. The van der Waals surface area contributed by atoms with Gasteiger partial charge in [0.2, 0.25) is 5.82 Å². The first-order chi connectivity index (χ1) is 9.95. The summed E-state index contributed by atoms with van der Waals surface area (Å²) in [6, 6.07) is 5.16. The molecule has 0 amide bonds. The van der Waals surface area contributed by atoms with Crippen LogP contribution in [0.3, 0.4) is 0 Å². The number of aryl methyl sites for hydroxylation is 1. The number of rotatable bonds is 3. The van der Waals surface area contributed by atoms with Gasteiger partial charge >= 0.3 is 11.8 Å². The Morgan fingerprint density at radius 3 is 2.67 bits per heavy atom. The van der Waals surface area contributed by atoms with E-state index in [-0.39, 0.29) is 11.4 Å². The zero-order valence-electron chi connectivity index (χ0n) is 11.4. The fourth-order valence-electron chi connectivity index (χ4n) is 1.83. The lowest BCUT2D eigenvalue weighted by molar-refractivity contribution is -0.893. The Hall–Kier alpha value is -2.70. The van der Waals surface area contributed by atoms with Crippen LogP contribution in [-0.2, 0) is 4.74 Å². The van der Waals surface area contributed by atoms with Crippen molar-refractivity contribution in [2.45, 2.75) is 6.92 Å². The standard InChI is InChI=1S/C14H12F2N2O3/c1-8-4-3-7-18(20)13(8)17-12-9(14(19)21-2)5-6-10(15)11(12)16/h3-7,20H,1-2H3/p+1. The van der Waals surface area contributed by atoms with E-state index in [1.165, 1.54) is 6.20 Å². The fraction of sp³-hybridized carbons (Fsp3) is 0.143. The summed E-state index contributed by atoms with van der Waals surface area (Å²) < 4.78 is 32.6. The van der Waals surface area contributed by atoms with Crippen molar-refractivity contribution in [2.75, 3.05) is 12.4 Å². The van der Waals surface area contributed by atoms with E-state index in [0.717, 1.165) is 19.2 Å². The Morgan fingerprint density at radius 1 is 1.33 bits per heavy atom. The highest BCUT2D eigenvalue weighted by atomic mass is 19.2. The number of hydrogen-bond donors (Lipinski definition) is 2. The van der Waals surface area contributed by atoms with E-state index < -0.39 is 23.3 Å². The predicted octanol–water partition coefficient (Wildman–Crippen LogP) is 2.33. The number of anilines is 2. The predicted molar refractivity (Wildman–Crippen MR) is 69.5 cm³/mol. The molecule has 2 rings (SSSR count). The first-order valence-electron chi connectivity index (χ1n) is 5.99. The second kappa shape index (κ2) is 5.74. The molecule has 0 aliphatic carbocycles. The second-order valence-electron chi connectivity index (χ2n) is 4.28. The molecular formula is C14H13F2N2O3+. The first-order valence-corrected chi connectivity index (χ1v) is 5.99. The molecule has 1 aromatic carbocycles. The SMILES string of the molecule is COC(=O)c1ccc(F)c(F)c1Nc1c(C)ccc[n+]1O. The number of carbonyl (C=O) groups excluding carboxylic acids is 1. The number of halogens is 2. The minimum Gasteiger partial charge on any atom is -0.465 e. The van der Waals surface area contributed by atoms with Gasteiger partial charge in [-0.1, -0.05) is 4.73 Å². The molecule has 7 heteroatoms. The molecule has 2 N–H and O–H groups in total. The van der Waals surface area contributed by atoms with E-state index in [1.54, 1.807) is 19.1 Å². The van der Waals surface area contributed by atoms with Crippen LogP contribution >= 0.6 is 0 Å². The number of pyridine rings is 1. The summed E-state index contributed by atoms with van der Waals surface area (Å²) in [5.41, 5.74) is -0.0157. The van der Waals surface area contributed by atoms with Crippen molar-refractivity contribution in [2.24, 2.45) is 0 Å². The molecule has 0 aliphatic rings. The smallest absolute Gasteiger partial charge is 0.342 e. The van der Waals surface area contributed by atoms with Crippen LogP contribution in [0.4, 0.5) is 20.3 Å². The molecule has 1 aromatic heterocycles. The highest BCUT2D eigenvalue weighted by Gasteiger charge is 2.25. The topological polar surface area (TPSA) is 62.4 Å². The molecule has 0 atom stereocenters. The zero-order chi connectivity index (χ0) is 15.6. The third-order valence-corrected chi connectivity index (χ3v) is 2.92. The van der Waals surface area contributed by atoms with Crippen LogP contribution in [0.15, 0.2) is 30.5 Å². The van der Waals surface area contributed by atoms with Crippen molar-refractivity contribution in [1.29, 1.82) is 0 Å². The molecule has 0 bridgehead atoms. The van der Waals surface area contributed by atoms with E-state index in [9.17, 15) is 18.8 Å². The van der Waals surface area contributed by atoms with Gasteiger partial charge in [-0.25, -0.2) is 14.5 Å². The molecule has 0 aliphatic heterocycles. The van der Waals surface area contributed by atoms with Gasteiger partial charge in [0, 0.05) is 5.56 Å². The average molecular weight is 295 g/mol. The molecule has 0 saturated heterocycles. The maximum atomic E-state index is 14.0. The Bertz CT molecular complexity index is 685. The van der Waals surface area contributed by atoms with Crippen molar-refractivity contribution in [3.05, 3.63) is 53.2 Å². The van der Waals surface area contributed by atoms with Gasteiger partial charge in [-0.3, -0.25) is 0 Å². The van der Waals surface area contributed by atoms with Crippen LogP contribution in [0.5, 0.6) is 0 Å². The van der Waals surface area contributed by atoms with Crippen LogP contribution in [-0.4, -0.2) is 18.3 Å². The molecule has 0 radical (unpaired) electrons. The molecule has 1 heterocycles. The fourth-order valence-corrected chi connectivity index (χ4v) is 1.83. The van der Waals surface area contributed by atoms with Gasteiger partial charge in [-0.15, -0.1) is 0 Å². The lowest BCUT2D eigenvalue weighted by Crippen LogP contribution is -2.34. The zero-order valence-corrected chi connectivity index (χ0v) is 11.4. The van der Waals surface area contributed by atoms with Crippen LogP contribution in [0.1, 0.15) is 15.9 Å². The first kappa shape index (κ1) is 14.7. The largest absolute Gasteiger partial charge is 0.465 e. The summed E-state index contributed by atoms with van der Waals surface area (Å²) in [7, 11) is 1.13. The third kappa shape index (κ3) is 2.76. The van der Waals surface area contributed by atoms with Gasteiger partial charge < -0.3 is 9.94 Å². The molecule has 0 spiro atoms. The van der Waals surface area contributed by atoms with Crippen molar-refractivity contribution >= 4 is 17.5 Å². The van der Waals surface area contributed by atoms with Crippen molar-refractivity contribution in [3.63, 3.8) is 0 Å². The number of esters is 1. The van der Waals surface area contributed by atoms with Crippen molar-refractivity contribution < 1.29 is 28.2 Å². The summed E-state index contributed by atoms with van der Waals surface area (Å²) in [5.74, 6) is -3.08. The molecule has 0 saturated carbocycles. The Balaban J connectivity index is 2.58. The summed E-state index contributed by atoms with van der Waals surface area (Å²) >= 11 is 0. The van der Waals surface area contributed by atoms with Gasteiger partial charge in [-0.05, 0) is 31.2 Å². The maximum absolute atomic E-state index is 14.0. The van der Waals surface area contributed by atoms with Crippen LogP contribution < -0.4 is 10.0 Å². The van der Waals surface area contributed by atoms with Crippen LogP contribution in [0, 0.1) is 18.6 Å². The Morgan fingerprint density at radius 2 is 2.05 bits per heavy atom. The van der Waals surface area contributed by atoms with E-state index in [1.807, 2.05) is 0 Å². The quantitative estimate of drug-likeness (QED) is 0.518. The number of carbonyl (C=O) groups is 1. The Kier molecular flexibility index (Phi) is 4.02. The molecule has 21 heavy (non-hydrogen) atoms. The number of ether oxygens (including phenoxy) is 1. The average Bonchev–Trinajstić information content (AvgIpc) is 2.46. The number of methoxy groups -OCH3 is 1. The lowest BCUT2D eigenvalue weighted by atomic mass is 10.1. The van der Waals surface area contributed by atoms with Gasteiger partial charge in [0.05, 0.1) is 7.11 Å². The number of nitrogens with one attached hydrogen (secondary N) is 1. The molecule has 2 aromatic rings. The minimum absolute atomic E-state index is 0.104.